The molecule has 0 aliphatic carbocycles. The average molecular weight is 279 g/mol. The number of aryl methyl sites for hydroxylation is 1. The zero-order valence-corrected chi connectivity index (χ0v) is 12.1. The second kappa shape index (κ2) is 6.93. The van der Waals surface area contributed by atoms with Gasteiger partial charge in [-0.1, -0.05) is 19.1 Å². The van der Waals surface area contributed by atoms with Crippen LogP contribution in [0.5, 0.6) is 5.75 Å². The van der Waals surface area contributed by atoms with Gasteiger partial charge in [0.05, 0.1) is 5.41 Å². The third kappa shape index (κ3) is 4.91. The van der Waals surface area contributed by atoms with Crippen LogP contribution in [-0.4, -0.2) is 30.1 Å². The van der Waals surface area contributed by atoms with Crippen molar-refractivity contribution in [3.8, 4) is 5.75 Å². The summed E-state index contributed by atoms with van der Waals surface area (Å²) < 4.78 is 5.59. The van der Waals surface area contributed by atoms with Crippen LogP contribution in [-0.2, 0) is 16.0 Å². The molecule has 5 nitrogen and oxygen atoms in total. The molecule has 110 valence electrons. The molecule has 0 saturated heterocycles. The summed E-state index contributed by atoms with van der Waals surface area (Å²) >= 11 is 0. The molecule has 5 heteroatoms. The van der Waals surface area contributed by atoms with Gasteiger partial charge in [-0.05, 0) is 38.0 Å². The first-order valence-corrected chi connectivity index (χ1v) is 6.57. The highest BCUT2D eigenvalue weighted by Gasteiger charge is 2.28. The molecule has 20 heavy (non-hydrogen) atoms. The lowest BCUT2D eigenvalue weighted by Gasteiger charge is -2.23. The number of hydrogen-bond acceptors (Lipinski definition) is 3. The number of aliphatic carboxylic acids is 1. The largest absolute Gasteiger partial charge is 0.492 e. The molecule has 0 aromatic heterocycles. The zero-order chi connectivity index (χ0) is 15.2. The van der Waals surface area contributed by atoms with Crippen molar-refractivity contribution < 1.29 is 19.4 Å². The summed E-state index contributed by atoms with van der Waals surface area (Å²) in [5.41, 5.74) is 0.426. The Labute approximate surface area is 118 Å². The fourth-order valence-electron chi connectivity index (χ4n) is 1.55. The van der Waals surface area contributed by atoms with E-state index in [1.54, 1.807) is 13.8 Å². The summed E-state index contributed by atoms with van der Waals surface area (Å²) in [5, 5.41) is 10.9. The van der Waals surface area contributed by atoms with E-state index >= 15 is 0 Å². The van der Waals surface area contributed by atoms with Gasteiger partial charge in [0.15, 0.2) is 0 Å². The van der Waals surface area contributed by atoms with Gasteiger partial charge in [-0.3, -0.25) is 9.59 Å². The Morgan fingerprint density at radius 1 is 1.25 bits per heavy atom. The van der Waals surface area contributed by atoms with E-state index in [0.717, 1.165) is 6.42 Å². The first-order valence-electron chi connectivity index (χ1n) is 6.57. The van der Waals surface area contributed by atoms with E-state index in [1.807, 2.05) is 24.3 Å². The Morgan fingerprint density at radius 2 is 1.85 bits per heavy atom. The van der Waals surface area contributed by atoms with Crippen molar-refractivity contribution in [2.75, 3.05) is 13.2 Å². The molecule has 0 radical (unpaired) electrons. The minimum absolute atomic E-state index is 0.184. The van der Waals surface area contributed by atoms with Crippen LogP contribution in [0.15, 0.2) is 24.3 Å². The molecule has 0 aliphatic heterocycles. The summed E-state index contributed by atoms with van der Waals surface area (Å²) in [7, 11) is 0. The van der Waals surface area contributed by atoms with Crippen LogP contribution in [0.3, 0.4) is 0 Å². The summed E-state index contributed by atoms with van der Waals surface area (Å²) in [6, 6.07) is 7.69. The number of rotatable bonds is 7. The normalized spacial score (nSPS) is 10.9. The monoisotopic (exact) mass is 279 g/mol. The lowest BCUT2D eigenvalue weighted by Crippen LogP contribution is -2.42. The highest BCUT2D eigenvalue weighted by Crippen LogP contribution is 2.19. The molecule has 0 atom stereocenters. The fourth-order valence-corrected chi connectivity index (χ4v) is 1.55. The Hall–Kier alpha value is -2.04. The molecule has 0 heterocycles. The van der Waals surface area contributed by atoms with Crippen molar-refractivity contribution in [1.29, 1.82) is 0 Å². The standard InChI is InChI=1S/C15H21NO4/c1-4-11-5-7-12(8-6-11)20-10-15(2,3)14(19)16-9-13(17)18/h5-8H,4,9-10H2,1-3H3,(H,16,19)(H,17,18). The number of carbonyl (C=O) groups is 2. The van der Waals surface area contributed by atoms with Crippen LogP contribution in [0.4, 0.5) is 0 Å². The minimum atomic E-state index is -1.06. The van der Waals surface area contributed by atoms with E-state index < -0.39 is 11.4 Å². The van der Waals surface area contributed by atoms with E-state index in [1.165, 1.54) is 5.56 Å². The molecular formula is C15H21NO4. The number of amides is 1. The predicted octanol–water partition coefficient (Wildman–Crippen LogP) is 1.85. The average Bonchev–Trinajstić information content (AvgIpc) is 2.43. The van der Waals surface area contributed by atoms with Crippen molar-refractivity contribution in [3.05, 3.63) is 29.8 Å². The Kier molecular flexibility index (Phi) is 5.55. The van der Waals surface area contributed by atoms with Gasteiger partial charge in [-0.15, -0.1) is 0 Å². The molecule has 2 N–H and O–H groups in total. The zero-order valence-electron chi connectivity index (χ0n) is 12.1. The van der Waals surface area contributed by atoms with E-state index in [2.05, 4.69) is 12.2 Å². The van der Waals surface area contributed by atoms with Gasteiger partial charge in [0.2, 0.25) is 5.91 Å². The number of nitrogens with one attached hydrogen (secondary N) is 1. The van der Waals surface area contributed by atoms with Gasteiger partial charge in [-0.2, -0.15) is 0 Å². The van der Waals surface area contributed by atoms with Crippen molar-refractivity contribution in [2.45, 2.75) is 27.2 Å². The summed E-state index contributed by atoms with van der Waals surface area (Å²) in [6.45, 7) is 5.30. The topological polar surface area (TPSA) is 75.6 Å². The van der Waals surface area contributed by atoms with Gasteiger partial charge in [0.25, 0.3) is 0 Å². The van der Waals surface area contributed by atoms with Gasteiger partial charge in [-0.25, -0.2) is 0 Å². The van der Waals surface area contributed by atoms with Crippen molar-refractivity contribution >= 4 is 11.9 Å². The van der Waals surface area contributed by atoms with Gasteiger partial charge < -0.3 is 15.2 Å². The molecule has 1 aromatic rings. The number of carbonyl (C=O) groups excluding carboxylic acids is 1. The van der Waals surface area contributed by atoms with E-state index in [0.29, 0.717) is 5.75 Å². The van der Waals surface area contributed by atoms with Crippen molar-refractivity contribution in [1.82, 2.24) is 5.32 Å². The lowest BCUT2D eigenvalue weighted by atomic mass is 9.93. The minimum Gasteiger partial charge on any atom is -0.492 e. The van der Waals surface area contributed by atoms with Crippen LogP contribution in [0.25, 0.3) is 0 Å². The van der Waals surface area contributed by atoms with E-state index in [9.17, 15) is 9.59 Å². The number of hydrogen-bond donors (Lipinski definition) is 2. The van der Waals surface area contributed by atoms with E-state index in [4.69, 9.17) is 9.84 Å². The number of carboxylic acid groups (broad SMARTS) is 1. The smallest absolute Gasteiger partial charge is 0.322 e. The molecule has 0 fully saturated rings. The Bertz CT molecular complexity index is 465. The summed E-state index contributed by atoms with van der Waals surface area (Å²) in [5.74, 6) is -0.711. The third-order valence-electron chi connectivity index (χ3n) is 2.95. The van der Waals surface area contributed by atoms with Crippen molar-refractivity contribution in [3.63, 3.8) is 0 Å². The quantitative estimate of drug-likeness (QED) is 0.798. The highest BCUT2D eigenvalue weighted by molar-refractivity contribution is 5.85. The molecule has 0 saturated carbocycles. The summed E-state index contributed by atoms with van der Waals surface area (Å²) in [4.78, 5) is 22.3. The van der Waals surface area contributed by atoms with Gasteiger partial charge in [0.1, 0.15) is 18.9 Å². The maximum atomic E-state index is 11.8. The van der Waals surface area contributed by atoms with Crippen LogP contribution in [0, 0.1) is 5.41 Å². The second-order valence-corrected chi connectivity index (χ2v) is 5.25. The molecular weight excluding hydrogens is 258 g/mol. The predicted molar refractivity (Wildman–Crippen MR) is 75.7 cm³/mol. The SMILES string of the molecule is CCc1ccc(OCC(C)(C)C(=O)NCC(=O)O)cc1. The molecule has 0 aliphatic rings. The number of benzene rings is 1. The molecule has 0 bridgehead atoms. The molecule has 1 rings (SSSR count). The Balaban J connectivity index is 2.52. The maximum absolute atomic E-state index is 11.8. The first kappa shape index (κ1) is 16.0. The second-order valence-electron chi connectivity index (χ2n) is 5.25. The maximum Gasteiger partial charge on any atom is 0.322 e. The van der Waals surface area contributed by atoms with Gasteiger partial charge in [0, 0.05) is 0 Å². The first-order chi connectivity index (χ1) is 9.35. The molecule has 0 spiro atoms. The summed E-state index contributed by atoms with van der Waals surface area (Å²) in [6.07, 6.45) is 0.962. The number of carboxylic acids is 1. The lowest BCUT2D eigenvalue weighted by molar-refractivity contribution is -0.140. The van der Waals surface area contributed by atoms with Crippen LogP contribution < -0.4 is 10.1 Å². The highest BCUT2D eigenvalue weighted by atomic mass is 16.5. The Morgan fingerprint density at radius 3 is 2.35 bits per heavy atom. The van der Waals surface area contributed by atoms with Crippen LogP contribution in [0.2, 0.25) is 0 Å². The van der Waals surface area contributed by atoms with E-state index in [-0.39, 0.29) is 19.1 Å². The van der Waals surface area contributed by atoms with Crippen LogP contribution in [0.1, 0.15) is 26.3 Å². The van der Waals surface area contributed by atoms with Gasteiger partial charge >= 0.3 is 5.97 Å². The number of ether oxygens (including phenoxy) is 1. The van der Waals surface area contributed by atoms with Crippen molar-refractivity contribution in [2.24, 2.45) is 5.41 Å². The third-order valence-corrected chi connectivity index (χ3v) is 2.95. The molecule has 1 amide bonds. The van der Waals surface area contributed by atoms with Crippen LogP contribution >= 0.6 is 0 Å². The molecule has 0 unspecified atom stereocenters. The molecule has 1 aromatic carbocycles. The fraction of sp³-hybridized carbons (Fsp3) is 0.467.